The van der Waals surface area contributed by atoms with Crippen LogP contribution in [0.15, 0.2) is 53.6 Å². The lowest BCUT2D eigenvalue weighted by molar-refractivity contribution is 0.553. The molecule has 1 unspecified atom stereocenters. The fourth-order valence-corrected chi connectivity index (χ4v) is 2.23. The Morgan fingerprint density at radius 2 is 1.95 bits per heavy atom. The number of fused-ring (bicyclic) bond motifs is 1. The van der Waals surface area contributed by atoms with Crippen molar-refractivity contribution in [1.82, 2.24) is 15.3 Å². The molecule has 1 atom stereocenters. The van der Waals surface area contributed by atoms with Gasteiger partial charge in [0.2, 0.25) is 0 Å². The van der Waals surface area contributed by atoms with Gasteiger partial charge in [-0.15, -0.1) is 0 Å². The molecular weight excluding hydrogens is 238 g/mol. The highest BCUT2D eigenvalue weighted by Crippen LogP contribution is 2.24. The van der Waals surface area contributed by atoms with Crippen molar-refractivity contribution in [1.29, 1.82) is 0 Å². The number of benzene rings is 1. The molecule has 0 saturated heterocycles. The molecule has 3 aromatic rings. The van der Waals surface area contributed by atoms with Gasteiger partial charge in [0.05, 0.1) is 29.6 Å². The third kappa shape index (κ3) is 2.35. The topological polar surface area (TPSA) is 51.0 Å². The molecule has 1 N–H and O–H groups in total. The predicted octanol–water partition coefficient (Wildman–Crippen LogP) is 2.92. The Labute approximate surface area is 111 Å². The Bertz CT molecular complexity index is 664. The smallest absolute Gasteiger partial charge is 0.0953 e. The van der Waals surface area contributed by atoms with Crippen LogP contribution in [0.25, 0.3) is 11.0 Å². The van der Waals surface area contributed by atoms with Gasteiger partial charge in [0.15, 0.2) is 0 Å². The van der Waals surface area contributed by atoms with Gasteiger partial charge in [0, 0.05) is 18.0 Å². The van der Waals surface area contributed by atoms with Crippen LogP contribution < -0.4 is 5.32 Å². The summed E-state index contributed by atoms with van der Waals surface area (Å²) in [7, 11) is 0. The molecule has 0 saturated carbocycles. The van der Waals surface area contributed by atoms with Crippen LogP contribution >= 0.6 is 0 Å². The molecule has 1 aromatic carbocycles. The third-order valence-corrected chi connectivity index (χ3v) is 3.11. The maximum Gasteiger partial charge on any atom is 0.0953 e. The summed E-state index contributed by atoms with van der Waals surface area (Å²) in [6.45, 7) is 2.97. The standard InChI is InChI=1S/C15H15N3O/c1-2-16-15(12-5-8-19-10-12)11-3-4-13-14(9-11)18-7-6-17-13/h3-10,15-16H,2H2,1H3. The van der Waals surface area contributed by atoms with Crippen molar-refractivity contribution in [2.45, 2.75) is 13.0 Å². The Morgan fingerprint density at radius 1 is 1.11 bits per heavy atom. The van der Waals surface area contributed by atoms with E-state index in [0.717, 1.165) is 28.7 Å². The molecular formula is C15H15N3O. The molecule has 0 aliphatic rings. The normalized spacial score (nSPS) is 12.7. The number of hydrogen-bond acceptors (Lipinski definition) is 4. The van der Waals surface area contributed by atoms with Crippen molar-refractivity contribution < 1.29 is 4.42 Å². The van der Waals surface area contributed by atoms with E-state index in [4.69, 9.17) is 4.42 Å². The second-order valence-electron chi connectivity index (χ2n) is 4.35. The van der Waals surface area contributed by atoms with E-state index < -0.39 is 0 Å². The molecule has 96 valence electrons. The summed E-state index contributed by atoms with van der Waals surface area (Å²) in [5.74, 6) is 0. The van der Waals surface area contributed by atoms with Gasteiger partial charge in [-0.05, 0) is 30.3 Å². The van der Waals surface area contributed by atoms with Crippen LogP contribution in [-0.2, 0) is 0 Å². The molecule has 19 heavy (non-hydrogen) atoms. The second-order valence-corrected chi connectivity index (χ2v) is 4.35. The monoisotopic (exact) mass is 253 g/mol. The number of rotatable bonds is 4. The predicted molar refractivity (Wildman–Crippen MR) is 73.8 cm³/mol. The molecule has 0 aliphatic carbocycles. The van der Waals surface area contributed by atoms with E-state index >= 15 is 0 Å². The zero-order chi connectivity index (χ0) is 13.1. The van der Waals surface area contributed by atoms with Crippen LogP contribution in [0.2, 0.25) is 0 Å². The highest BCUT2D eigenvalue weighted by atomic mass is 16.3. The number of nitrogens with one attached hydrogen (secondary N) is 1. The van der Waals surface area contributed by atoms with Gasteiger partial charge < -0.3 is 9.73 Å². The molecule has 2 heterocycles. The summed E-state index contributed by atoms with van der Waals surface area (Å²) in [5.41, 5.74) is 4.10. The molecule has 0 fully saturated rings. The zero-order valence-corrected chi connectivity index (χ0v) is 10.7. The first-order valence-corrected chi connectivity index (χ1v) is 6.34. The first kappa shape index (κ1) is 11.9. The second kappa shape index (κ2) is 5.20. The fourth-order valence-electron chi connectivity index (χ4n) is 2.23. The molecule has 2 aromatic heterocycles. The summed E-state index contributed by atoms with van der Waals surface area (Å²) >= 11 is 0. The van der Waals surface area contributed by atoms with E-state index in [1.54, 1.807) is 24.9 Å². The van der Waals surface area contributed by atoms with Gasteiger partial charge in [-0.2, -0.15) is 0 Å². The summed E-state index contributed by atoms with van der Waals surface area (Å²) in [4.78, 5) is 8.64. The van der Waals surface area contributed by atoms with Gasteiger partial charge in [0.1, 0.15) is 0 Å². The van der Waals surface area contributed by atoms with E-state index in [-0.39, 0.29) is 6.04 Å². The van der Waals surface area contributed by atoms with Crippen LogP contribution in [-0.4, -0.2) is 16.5 Å². The minimum absolute atomic E-state index is 0.121. The van der Waals surface area contributed by atoms with Crippen molar-refractivity contribution >= 4 is 11.0 Å². The Morgan fingerprint density at radius 3 is 2.68 bits per heavy atom. The van der Waals surface area contributed by atoms with E-state index in [1.807, 2.05) is 12.1 Å². The summed E-state index contributed by atoms with van der Waals surface area (Å²) in [6, 6.07) is 8.26. The number of furan rings is 1. The van der Waals surface area contributed by atoms with Crippen molar-refractivity contribution in [3.8, 4) is 0 Å². The SMILES string of the molecule is CCNC(c1ccoc1)c1ccc2nccnc2c1. The first-order valence-electron chi connectivity index (χ1n) is 6.34. The highest BCUT2D eigenvalue weighted by molar-refractivity contribution is 5.74. The molecule has 0 bridgehead atoms. The van der Waals surface area contributed by atoms with Gasteiger partial charge in [-0.25, -0.2) is 0 Å². The molecule has 4 heteroatoms. The quantitative estimate of drug-likeness (QED) is 0.776. The Kier molecular flexibility index (Phi) is 3.25. The van der Waals surface area contributed by atoms with Crippen LogP contribution in [0, 0.1) is 0 Å². The Balaban J connectivity index is 2.05. The van der Waals surface area contributed by atoms with Crippen LogP contribution in [0.3, 0.4) is 0 Å². The van der Waals surface area contributed by atoms with Gasteiger partial charge in [-0.1, -0.05) is 13.0 Å². The van der Waals surface area contributed by atoms with Gasteiger partial charge in [0.25, 0.3) is 0 Å². The van der Waals surface area contributed by atoms with Crippen LogP contribution in [0.5, 0.6) is 0 Å². The van der Waals surface area contributed by atoms with Crippen molar-refractivity contribution in [2.24, 2.45) is 0 Å². The lowest BCUT2D eigenvalue weighted by atomic mass is 10.0. The minimum atomic E-state index is 0.121. The van der Waals surface area contributed by atoms with Crippen molar-refractivity contribution in [3.63, 3.8) is 0 Å². The fraction of sp³-hybridized carbons (Fsp3) is 0.200. The van der Waals surface area contributed by atoms with Crippen molar-refractivity contribution in [3.05, 3.63) is 60.3 Å². The third-order valence-electron chi connectivity index (χ3n) is 3.11. The minimum Gasteiger partial charge on any atom is -0.472 e. The highest BCUT2D eigenvalue weighted by Gasteiger charge is 2.14. The molecule has 0 spiro atoms. The van der Waals surface area contributed by atoms with Crippen LogP contribution in [0.1, 0.15) is 24.1 Å². The van der Waals surface area contributed by atoms with E-state index in [1.165, 1.54) is 0 Å². The average molecular weight is 253 g/mol. The van der Waals surface area contributed by atoms with Crippen LogP contribution in [0.4, 0.5) is 0 Å². The summed E-state index contributed by atoms with van der Waals surface area (Å²) < 4.78 is 5.18. The number of aromatic nitrogens is 2. The lowest BCUT2D eigenvalue weighted by Crippen LogP contribution is -2.21. The Hall–Kier alpha value is -2.20. The molecule has 4 nitrogen and oxygen atoms in total. The van der Waals surface area contributed by atoms with Gasteiger partial charge in [-0.3, -0.25) is 9.97 Å². The van der Waals surface area contributed by atoms with Gasteiger partial charge >= 0.3 is 0 Å². The molecule has 0 amide bonds. The summed E-state index contributed by atoms with van der Waals surface area (Å²) in [5, 5.41) is 3.46. The lowest BCUT2D eigenvalue weighted by Gasteiger charge is -2.17. The maximum absolute atomic E-state index is 5.18. The largest absolute Gasteiger partial charge is 0.472 e. The van der Waals surface area contributed by atoms with Crippen molar-refractivity contribution in [2.75, 3.05) is 6.54 Å². The molecule has 0 radical (unpaired) electrons. The van der Waals surface area contributed by atoms with E-state index in [2.05, 4.69) is 34.3 Å². The molecule has 3 rings (SSSR count). The first-order chi connectivity index (χ1) is 9.38. The summed E-state index contributed by atoms with van der Waals surface area (Å²) in [6.07, 6.45) is 6.89. The maximum atomic E-state index is 5.18. The zero-order valence-electron chi connectivity index (χ0n) is 10.7. The average Bonchev–Trinajstić information content (AvgIpc) is 2.98. The molecule has 0 aliphatic heterocycles. The number of hydrogen-bond donors (Lipinski definition) is 1. The van der Waals surface area contributed by atoms with E-state index in [9.17, 15) is 0 Å². The van der Waals surface area contributed by atoms with E-state index in [0.29, 0.717) is 0 Å². The number of nitrogens with zero attached hydrogens (tertiary/aromatic N) is 2.